The van der Waals surface area contributed by atoms with Gasteiger partial charge < -0.3 is 21.1 Å². The lowest BCUT2D eigenvalue weighted by molar-refractivity contribution is 0.0696. The number of nitrogens with one attached hydrogen (secondary N) is 3. The van der Waals surface area contributed by atoms with E-state index in [1.54, 1.807) is 18.2 Å². The molecule has 0 aliphatic heterocycles. The van der Waals surface area contributed by atoms with Crippen molar-refractivity contribution >= 4 is 12.0 Å². The topological polar surface area (TPSA) is 90.5 Å². The molecule has 0 fully saturated rings. The van der Waals surface area contributed by atoms with Crippen LogP contribution in [0.3, 0.4) is 0 Å². The molecule has 0 saturated heterocycles. The molecule has 4 N–H and O–H groups in total. The van der Waals surface area contributed by atoms with Gasteiger partial charge in [-0.2, -0.15) is 0 Å². The van der Waals surface area contributed by atoms with Gasteiger partial charge in [-0.05, 0) is 44.1 Å². The fraction of sp³-hybridized carbons (Fsp3) is 0.429. The van der Waals surface area contributed by atoms with Gasteiger partial charge in [-0.3, -0.25) is 0 Å². The summed E-state index contributed by atoms with van der Waals surface area (Å²) in [7, 11) is 1.87. The van der Waals surface area contributed by atoms with Gasteiger partial charge in [0.15, 0.2) is 0 Å². The lowest BCUT2D eigenvalue weighted by Gasteiger charge is -2.08. The molecule has 1 aromatic rings. The first-order valence-electron chi connectivity index (χ1n) is 6.62. The van der Waals surface area contributed by atoms with Crippen LogP contribution in [0.15, 0.2) is 24.3 Å². The summed E-state index contributed by atoms with van der Waals surface area (Å²) in [5, 5.41) is 17.4. The van der Waals surface area contributed by atoms with Gasteiger partial charge in [-0.1, -0.05) is 12.1 Å². The standard InChI is InChI=1S/C14H21N3O3/c1-15-7-3-8-16-14(20)17-9-6-11-4-2-5-12(10-11)13(18)19/h2,4-5,10,15H,3,6-9H2,1H3,(H,18,19)(H2,16,17,20). The molecule has 110 valence electrons. The molecule has 2 amide bonds. The number of benzene rings is 1. The van der Waals surface area contributed by atoms with Crippen LogP contribution in [0, 0.1) is 0 Å². The SMILES string of the molecule is CNCCCNC(=O)NCCc1cccc(C(=O)O)c1. The third-order valence-electron chi connectivity index (χ3n) is 2.76. The second kappa shape index (κ2) is 8.92. The minimum absolute atomic E-state index is 0.199. The summed E-state index contributed by atoms with van der Waals surface area (Å²) >= 11 is 0. The third-order valence-corrected chi connectivity index (χ3v) is 2.76. The van der Waals surface area contributed by atoms with Crippen molar-refractivity contribution in [3.05, 3.63) is 35.4 Å². The van der Waals surface area contributed by atoms with Crippen LogP contribution in [-0.2, 0) is 6.42 Å². The maximum absolute atomic E-state index is 11.4. The fourth-order valence-electron chi connectivity index (χ4n) is 1.71. The molecule has 20 heavy (non-hydrogen) atoms. The predicted molar refractivity (Wildman–Crippen MR) is 77.1 cm³/mol. The zero-order chi connectivity index (χ0) is 14.8. The van der Waals surface area contributed by atoms with Gasteiger partial charge in [0.2, 0.25) is 0 Å². The number of carboxylic acid groups (broad SMARTS) is 1. The van der Waals surface area contributed by atoms with E-state index in [1.807, 2.05) is 13.1 Å². The Balaban J connectivity index is 2.25. The van der Waals surface area contributed by atoms with Gasteiger partial charge >= 0.3 is 12.0 Å². The summed E-state index contributed by atoms with van der Waals surface area (Å²) in [6, 6.07) is 6.52. The Morgan fingerprint density at radius 3 is 2.60 bits per heavy atom. The largest absolute Gasteiger partial charge is 0.478 e. The summed E-state index contributed by atoms with van der Waals surface area (Å²) in [6.07, 6.45) is 1.48. The first-order chi connectivity index (χ1) is 9.63. The molecule has 0 aliphatic carbocycles. The average Bonchev–Trinajstić information content (AvgIpc) is 2.44. The minimum Gasteiger partial charge on any atom is -0.478 e. The molecule has 0 aromatic heterocycles. The predicted octanol–water partition coefficient (Wildman–Crippen LogP) is 0.836. The molecule has 0 saturated carbocycles. The smallest absolute Gasteiger partial charge is 0.335 e. The summed E-state index contributed by atoms with van der Waals surface area (Å²) < 4.78 is 0. The number of carbonyl (C=O) groups excluding carboxylic acids is 1. The van der Waals surface area contributed by atoms with Crippen molar-refractivity contribution in [1.82, 2.24) is 16.0 Å². The van der Waals surface area contributed by atoms with Crippen LogP contribution in [-0.4, -0.2) is 43.8 Å². The molecule has 0 heterocycles. The van der Waals surface area contributed by atoms with E-state index in [4.69, 9.17) is 5.11 Å². The molecule has 0 aliphatic rings. The lowest BCUT2D eigenvalue weighted by atomic mass is 10.1. The van der Waals surface area contributed by atoms with Crippen LogP contribution >= 0.6 is 0 Å². The van der Waals surface area contributed by atoms with E-state index in [0.717, 1.165) is 18.5 Å². The molecule has 0 atom stereocenters. The molecular formula is C14H21N3O3. The Hall–Kier alpha value is -2.08. The number of rotatable bonds is 8. The Labute approximate surface area is 118 Å². The Bertz CT molecular complexity index is 449. The van der Waals surface area contributed by atoms with E-state index in [1.165, 1.54) is 0 Å². The number of carbonyl (C=O) groups is 2. The van der Waals surface area contributed by atoms with E-state index in [0.29, 0.717) is 19.5 Å². The molecular weight excluding hydrogens is 258 g/mol. The normalized spacial score (nSPS) is 10.1. The Kier molecular flexibility index (Phi) is 7.13. The van der Waals surface area contributed by atoms with E-state index >= 15 is 0 Å². The number of aromatic carboxylic acids is 1. The highest BCUT2D eigenvalue weighted by molar-refractivity contribution is 5.87. The van der Waals surface area contributed by atoms with Crippen molar-refractivity contribution in [3.63, 3.8) is 0 Å². The molecule has 1 rings (SSSR count). The monoisotopic (exact) mass is 279 g/mol. The number of hydrogen-bond donors (Lipinski definition) is 4. The van der Waals surface area contributed by atoms with Crippen LogP contribution in [0.4, 0.5) is 4.79 Å². The van der Waals surface area contributed by atoms with Crippen molar-refractivity contribution in [3.8, 4) is 0 Å². The highest BCUT2D eigenvalue weighted by atomic mass is 16.4. The fourth-order valence-corrected chi connectivity index (χ4v) is 1.71. The van der Waals surface area contributed by atoms with Crippen LogP contribution in [0.1, 0.15) is 22.3 Å². The summed E-state index contributed by atoms with van der Waals surface area (Å²) in [5.41, 5.74) is 1.15. The number of carboxylic acids is 1. The number of hydrogen-bond acceptors (Lipinski definition) is 3. The summed E-state index contributed by atoms with van der Waals surface area (Å²) in [4.78, 5) is 22.3. The van der Waals surface area contributed by atoms with Gasteiger partial charge in [-0.25, -0.2) is 9.59 Å². The highest BCUT2D eigenvalue weighted by Gasteiger charge is 2.03. The summed E-state index contributed by atoms with van der Waals surface area (Å²) in [5.74, 6) is -0.943. The minimum atomic E-state index is -0.943. The third kappa shape index (κ3) is 6.19. The Morgan fingerprint density at radius 1 is 1.15 bits per heavy atom. The maximum Gasteiger partial charge on any atom is 0.335 e. The van der Waals surface area contributed by atoms with Crippen LogP contribution in [0.25, 0.3) is 0 Å². The van der Waals surface area contributed by atoms with E-state index < -0.39 is 5.97 Å². The van der Waals surface area contributed by atoms with Crippen molar-refractivity contribution in [2.45, 2.75) is 12.8 Å². The first kappa shape index (κ1) is 16.0. The molecule has 6 heteroatoms. The van der Waals surface area contributed by atoms with Crippen LogP contribution in [0.5, 0.6) is 0 Å². The van der Waals surface area contributed by atoms with Crippen molar-refractivity contribution < 1.29 is 14.7 Å². The van der Waals surface area contributed by atoms with Crippen LogP contribution in [0.2, 0.25) is 0 Å². The van der Waals surface area contributed by atoms with Gasteiger partial charge in [0.05, 0.1) is 5.56 Å². The summed E-state index contributed by atoms with van der Waals surface area (Å²) in [6.45, 7) is 1.96. The van der Waals surface area contributed by atoms with E-state index in [9.17, 15) is 9.59 Å². The molecule has 0 spiro atoms. The van der Waals surface area contributed by atoms with Crippen LogP contribution < -0.4 is 16.0 Å². The molecule has 0 radical (unpaired) electrons. The van der Waals surface area contributed by atoms with Crippen molar-refractivity contribution in [2.75, 3.05) is 26.7 Å². The second-order valence-electron chi connectivity index (χ2n) is 4.40. The van der Waals surface area contributed by atoms with E-state index in [-0.39, 0.29) is 11.6 Å². The second-order valence-corrected chi connectivity index (χ2v) is 4.40. The maximum atomic E-state index is 11.4. The molecule has 6 nitrogen and oxygen atoms in total. The zero-order valence-electron chi connectivity index (χ0n) is 11.6. The highest BCUT2D eigenvalue weighted by Crippen LogP contribution is 2.05. The van der Waals surface area contributed by atoms with Gasteiger partial charge in [0.25, 0.3) is 0 Å². The van der Waals surface area contributed by atoms with Crippen molar-refractivity contribution in [1.29, 1.82) is 0 Å². The molecule has 0 bridgehead atoms. The number of amides is 2. The van der Waals surface area contributed by atoms with Gasteiger partial charge in [0.1, 0.15) is 0 Å². The van der Waals surface area contributed by atoms with Crippen molar-refractivity contribution in [2.24, 2.45) is 0 Å². The average molecular weight is 279 g/mol. The lowest BCUT2D eigenvalue weighted by Crippen LogP contribution is -2.37. The van der Waals surface area contributed by atoms with Gasteiger partial charge in [-0.15, -0.1) is 0 Å². The van der Waals surface area contributed by atoms with E-state index in [2.05, 4.69) is 16.0 Å². The van der Waals surface area contributed by atoms with Gasteiger partial charge in [0, 0.05) is 13.1 Å². The zero-order valence-corrected chi connectivity index (χ0v) is 11.6. The molecule has 1 aromatic carbocycles. The quantitative estimate of drug-likeness (QED) is 0.531. The first-order valence-corrected chi connectivity index (χ1v) is 6.62. The molecule has 0 unspecified atom stereocenters. The Morgan fingerprint density at radius 2 is 1.90 bits per heavy atom. The number of urea groups is 1.